The Morgan fingerprint density at radius 1 is 1.42 bits per heavy atom. The number of nitrogens with zero attached hydrogens (tertiary/aromatic N) is 2. The summed E-state index contributed by atoms with van der Waals surface area (Å²) in [7, 11) is 1.96. The third kappa shape index (κ3) is 3.27. The van der Waals surface area contributed by atoms with Gasteiger partial charge in [0.15, 0.2) is 0 Å². The van der Waals surface area contributed by atoms with Crippen LogP contribution in [-0.4, -0.2) is 47.9 Å². The Morgan fingerprint density at radius 2 is 2.00 bits per heavy atom. The minimum atomic E-state index is -0.201. The van der Waals surface area contributed by atoms with Crippen molar-refractivity contribution in [1.29, 1.82) is 0 Å². The van der Waals surface area contributed by atoms with Crippen LogP contribution in [-0.2, 0) is 9.32 Å². The lowest BCUT2D eigenvalue weighted by atomic mass is 10.3. The van der Waals surface area contributed by atoms with E-state index in [1.54, 1.807) is 0 Å². The second kappa shape index (κ2) is 5.02. The molecule has 70 valence electrons. The molecule has 0 radical (unpaired) electrons. The fourth-order valence-electron chi connectivity index (χ4n) is 1.12. The second-order valence-corrected chi connectivity index (χ2v) is 3.52. The molecule has 6 heteroatoms. The smallest absolute Gasteiger partial charge is 0.322 e. The maximum Gasteiger partial charge on any atom is 0.322 e. The molecule has 0 saturated carbocycles. The Morgan fingerprint density at radius 3 is 2.50 bits per heavy atom. The van der Waals surface area contributed by atoms with Crippen molar-refractivity contribution < 1.29 is 9.32 Å². The van der Waals surface area contributed by atoms with Gasteiger partial charge < -0.3 is 4.52 Å². The number of piperazine rings is 1. The average molecular weight is 208 g/mol. The lowest BCUT2D eigenvalue weighted by molar-refractivity contribution is -0.134. The summed E-state index contributed by atoms with van der Waals surface area (Å²) in [6.45, 7) is 3.93. The lowest BCUT2D eigenvalue weighted by Gasteiger charge is -2.30. The van der Waals surface area contributed by atoms with Crippen LogP contribution in [0.1, 0.15) is 0 Å². The summed E-state index contributed by atoms with van der Waals surface area (Å²) in [5.41, 5.74) is 0. The van der Waals surface area contributed by atoms with Crippen molar-refractivity contribution in [3.63, 3.8) is 0 Å². The molecule has 0 aromatic heterocycles. The monoisotopic (exact) mass is 208 g/mol. The van der Waals surface area contributed by atoms with Gasteiger partial charge in [-0.05, 0) is 0 Å². The molecule has 1 fully saturated rings. The van der Waals surface area contributed by atoms with Crippen LogP contribution < -0.4 is 0 Å². The maximum atomic E-state index is 10.8. The summed E-state index contributed by atoms with van der Waals surface area (Å²) in [6.07, 6.45) is 0. The standard InChI is InChI=1S/C6H13N2O2PS/c9-6(10-11)5-7-1-3-8(12)4-2-7/h12H,1-5,11H2. The number of carbonyl (C=O) groups is 1. The Balaban J connectivity index is 2.21. The third-order valence-electron chi connectivity index (χ3n) is 1.83. The van der Waals surface area contributed by atoms with E-state index in [4.69, 9.17) is 0 Å². The predicted molar refractivity (Wildman–Crippen MR) is 52.8 cm³/mol. The Bertz CT molecular complexity index is 162. The van der Waals surface area contributed by atoms with Crippen LogP contribution in [0.5, 0.6) is 0 Å². The minimum Gasteiger partial charge on any atom is -0.451 e. The minimum absolute atomic E-state index is 0.201. The second-order valence-electron chi connectivity index (χ2n) is 2.72. The first kappa shape index (κ1) is 10.3. The summed E-state index contributed by atoms with van der Waals surface area (Å²) in [5, 5.41) is 0. The highest BCUT2D eigenvalue weighted by atomic mass is 32.1. The van der Waals surface area contributed by atoms with Crippen molar-refractivity contribution in [2.75, 3.05) is 32.7 Å². The largest absolute Gasteiger partial charge is 0.451 e. The molecule has 1 atom stereocenters. The predicted octanol–water partition coefficient (Wildman–Crippen LogP) is -0.218. The summed E-state index contributed by atoms with van der Waals surface area (Å²) in [5.74, 6) is -0.201. The first-order valence-electron chi connectivity index (χ1n) is 3.78. The molecule has 0 aromatic carbocycles. The Labute approximate surface area is 80.1 Å². The zero-order valence-electron chi connectivity index (χ0n) is 6.77. The molecule has 0 amide bonds. The first-order chi connectivity index (χ1) is 5.72. The van der Waals surface area contributed by atoms with Crippen molar-refractivity contribution >= 4 is 28.3 Å². The molecule has 1 aliphatic heterocycles. The highest BCUT2D eigenvalue weighted by Crippen LogP contribution is 2.03. The van der Waals surface area contributed by atoms with Gasteiger partial charge >= 0.3 is 5.97 Å². The summed E-state index contributed by atoms with van der Waals surface area (Å²) in [4.78, 5) is 12.9. The first-order valence-corrected chi connectivity index (χ1v) is 4.65. The average Bonchev–Trinajstić information content (AvgIpc) is 2.09. The van der Waals surface area contributed by atoms with Crippen LogP contribution in [0.15, 0.2) is 0 Å². The van der Waals surface area contributed by atoms with Crippen molar-refractivity contribution in [2.24, 2.45) is 0 Å². The summed E-state index contributed by atoms with van der Waals surface area (Å²) < 4.78 is 6.43. The van der Waals surface area contributed by atoms with Crippen LogP contribution in [0, 0.1) is 0 Å². The Hall–Kier alpha value is 0.170. The van der Waals surface area contributed by atoms with Gasteiger partial charge in [-0.15, -0.1) is 0 Å². The molecule has 0 aliphatic carbocycles. The third-order valence-corrected chi connectivity index (χ3v) is 2.50. The van der Waals surface area contributed by atoms with Crippen molar-refractivity contribution in [2.45, 2.75) is 0 Å². The van der Waals surface area contributed by atoms with E-state index < -0.39 is 0 Å². The van der Waals surface area contributed by atoms with Crippen LogP contribution >= 0.6 is 22.3 Å². The van der Waals surface area contributed by atoms with E-state index >= 15 is 0 Å². The molecule has 1 saturated heterocycles. The van der Waals surface area contributed by atoms with Crippen LogP contribution in [0.3, 0.4) is 0 Å². The molecule has 1 rings (SSSR count). The number of hydrogen-bond acceptors (Lipinski definition) is 5. The zero-order chi connectivity index (χ0) is 8.97. The van der Waals surface area contributed by atoms with Crippen molar-refractivity contribution in [3.8, 4) is 0 Å². The lowest BCUT2D eigenvalue weighted by Crippen LogP contribution is -2.44. The normalized spacial score (nSPS) is 20.8. The molecular formula is C6H13N2O2PS. The van der Waals surface area contributed by atoms with E-state index in [1.807, 2.05) is 13.8 Å². The van der Waals surface area contributed by atoms with Gasteiger partial charge in [-0.1, -0.05) is 12.8 Å². The molecular weight excluding hydrogens is 195 g/mol. The molecule has 1 aliphatic rings. The highest BCUT2D eigenvalue weighted by Gasteiger charge is 2.16. The fourth-order valence-corrected chi connectivity index (χ4v) is 1.37. The highest BCUT2D eigenvalue weighted by molar-refractivity contribution is 7.77. The molecule has 0 aromatic rings. The van der Waals surface area contributed by atoms with Gasteiger partial charge in [0.2, 0.25) is 0 Å². The van der Waals surface area contributed by atoms with Crippen LogP contribution in [0.25, 0.3) is 0 Å². The van der Waals surface area contributed by atoms with E-state index in [0.717, 1.165) is 26.2 Å². The molecule has 1 unspecified atom stereocenters. The van der Waals surface area contributed by atoms with E-state index in [0.29, 0.717) is 6.54 Å². The van der Waals surface area contributed by atoms with Crippen molar-refractivity contribution in [3.05, 3.63) is 0 Å². The topological polar surface area (TPSA) is 32.8 Å². The Kier molecular flexibility index (Phi) is 4.29. The zero-order valence-corrected chi connectivity index (χ0v) is 8.82. The van der Waals surface area contributed by atoms with E-state index in [-0.39, 0.29) is 5.97 Å². The number of hydrogen-bond donors (Lipinski definition) is 1. The van der Waals surface area contributed by atoms with Gasteiger partial charge in [-0.25, -0.2) is 0 Å². The van der Waals surface area contributed by atoms with Gasteiger partial charge in [0.25, 0.3) is 0 Å². The van der Waals surface area contributed by atoms with Crippen LogP contribution in [0.4, 0.5) is 0 Å². The molecule has 1 heterocycles. The van der Waals surface area contributed by atoms with E-state index in [9.17, 15) is 4.79 Å². The number of rotatable bonds is 2. The van der Waals surface area contributed by atoms with Gasteiger partial charge in [-0.2, -0.15) is 0 Å². The molecule has 0 N–H and O–H groups in total. The molecule has 0 bridgehead atoms. The maximum absolute atomic E-state index is 10.8. The quantitative estimate of drug-likeness (QED) is 0.502. The molecule has 12 heavy (non-hydrogen) atoms. The molecule has 0 spiro atoms. The molecule has 4 nitrogen and oxygen atoms in total. The van der Waals surface area contributed by atoms with Crippen LogP contribution in [0.2, 0.25) is 0 Å². The number of thiol groups is 1. The van der Waals surface area contributed by atoms with Crippen molar-refractivity contribution in [1.82, 2.24) is 9.21 Å². The number of carbonyl (C=O) groups excluding carboxylic acids is 1. The van der Waals surface area contributed by atoms with E-state index in [1.165, 1.54) is 0 Å². The summed E-state index contributed by atoms with van der Waals surface area (Å²) in [6, 6.07) is 0. The van der Waals surface area contributed by atoms with Gasteiger partial charge in [0.05, 0.1) is 16.0 Å². The summed E-state index contributed by atoms with van der Waals surface area (Å²) >= 11 is 4.20. The van der Waals surface area contributed by atoms with Gasteiger partial charge in [0, 0.05) is 26.2 Å². The van der Waals surface area contributed by atoms with Gasteiger partial charge in [-0.3, -0.25) is 14.0 Å². The SMILES string of the molecule is O=C(CN1CCN(S)CC1)OP. The van der Waals surface area contributed by atoms with E-state index in [2.05, 4.69) is 22.2 Å². The van der Waals surface area contributed by atoms with Gasteiger partial charge in [0.1, 0.15) is 0 Å². The fraction of sp³-hybridized carbons (Fsp3) is 0.833.